The van der Waals surface area contributed by atoms with Gasteiger partial charge in [-0.25, -0.2) is 0 Å². The molecule has 1 saturated carbocycles. The lowest BCUT2D eigenvalue weighted by Crippen LogP contribution is -2.50. The molecule has 17 heavy (non-hydrogen) atoms. The summed E-state index contributed by atoms with van der Waals surface area (Å²) in [5, 5.41) is 8.85. The molecule has 0 radical (unpaired) electrons. The number of aliphatic carboxylic acids is 1. The molecule has 3 heterocycles. The average Bonchev–Trinajstić information content (AvgIpc) is 2.92. The first-order valence-electron chi connectivity index (χ1n) is 6.37. The predicted molar refractivity (Wildman–Crippen MR) is 55.6 cm³/mol. The van der Waals surface area contributed by atoms with Crippen LogP contribution >= 0.6 is 0 Å². The molecule has 5 nitrogen and oxygen atoms in total. The van der Waals surface area contributed by atoms with Gasteiger partial charge in [-0.3, -0.25) is 4.79 Å². The Morgan fingerprint density at radius 2 is 2.00 bits per heavy atom. The molecule has 4 rings (SSSR count). The van der Waals surface area contributed by atoms with E-state index in [0.29, 0.717) is 6.10 Å². The van der Waals surface area contributed by atoms with Gasteiger partial charge in [-0.1, -0.05) is 0 Å². The van der Waals surface area contributed by atoms with Gasteiger partial charge in [0.1, 0.15) is 6.10 Å². The first-order chi connectivity index (χ1) is 8.16. The van der Waals surface area contributed by atoms with Crippen molar-refractivity contribution in [3.63, 3.8) is 0 Å². The van der Waals surface area contributed by atoms with Gasteiger partial charge in [0, 0.05) is 12.8 Å². The van der Waals surface area contributed by atoms with E-state index in [2.05, 4.69) is 0 Å². The van der Waals surface area contributed by atoms with E-state index in [1.165, 1.54) is 0 Å². The topological polar surface area (TPSA) is 68.3 Å². The number of epoxide rings is 1. The zero-order chi connectivity index (χ0) is 11.6. The van der Waals surface area contributed by atoms with Crippen LogP contribution in [-0.4, -0.2) is 47.2 Å². The monoisotopic (exact) mass is 240 g/mol. The van der Waals surface area contributed by atoms with Crippen LogP contribution in [0.4, 0.5) is 0 Å². The lowest BCUT2D eigenvalue weighted by Gasteiger charge is -2.42. The van der Waals surface area contributed by atoms with E-state index in [4.69, 9.17) is 19.3 Å². The van der Waals surface area contributed by atoms with Gasteiger partial charge in [0.05, 0.1) is 36.4 Å². The van der Waals surface area contributed by atoms with Crippen molar-refractivity contribution in [3.05, 3.63) is 0 Å². The molecule has 0 aromatic rings. The fourth-order valence-corrected chi connectivity index (χ4v) is 3.82. The van der Waals surface area contributed by atoms with E-state index in [-0.39, 0.29) is 36.4 Å². The van der Waals surface area contributed by atoms with Crippen LogP contribution in [0.1, 0.15) is 32.1 Å². The van der Waals surface area contributed by atoms with Crippen molar-refractivity contribution in [2.24, 2.45) is 0 Å². The summed E-state index contributed by atoms with van der Waals surface area (Å²) in [5.41, 5.74) is -0.249. The molecule has 5 heteroatoms. The summed E-state index contributed by atoms with van der Waals surface area (Å²) in [5.74, 6) is -0.781. The third-order valence-electron chi connectivity index (χ3n) is 4.56. The molecule has 94 valence electrons. The minimum absolute atomic E-state index is 0.105. The average molecular weight is 240 g/mol. The second-order valence-electron chi connectivity index (χ2n) is 5.69. The SMILES string of the molecule is O=C(O)C[C@H]1CC[C@@H]2O[C@@H]3C[C@]2(C[C@H]2OC23)O1. The number of hydrogen-bond donors (Lipinski definition) is 1. The van der Waals surface area contributed by atoms with Crippen molar-refractivity contribution in [1.82, 2.24) is 0 Å². The van der Waals surface area contributed by atoms with E-state index in [9.17, 15) is 4.79 Å². The quantitative estimate of drug-likeness (QED) is 0.720. The standard InChI is InChI=1S/C12H16O5/c13-10(14)3-6-1-2-9-12(17-6)4-7(15-9)11-8(5-12)16-11/h6-9,11H,1-5H2,(H,13,14)/t6-,7-,8-,9+,11?,12-/m1/s1. The van der Waals surface area contributed by atoms with Crippen LogP contribution in [0.5, 0.6) is 0 Å². The summed E-state index contributed by atoms with van der Waals surface area (Å²) in [6.45, 7) is 0. The van der Waals surface area contributed by atoms with E-state index in [0.717, 1.165) is 25.7 Å². The summed E-state index contributed by atoms with van der Waals surface area (Å²) in [7, 11) is 0. The highest BCUT2D eigenvalue weighted by atomic mass is 16.6. The Hall–Kier alpha value is -0.650. The third-order valence-corrected chi connectivity index (χ3v) is 4.56. The normalized spacial score (nSPS) is 54.9. The second-order valence-corrected chi connectivity index (χ2v) is 5.69. The van der Waals surface area contributed by atoms with Crippen LogP contribution in [0.25, 0.3) is 0 Å². The molecule has 1 N–H and O–H groups in total. The zero-order valence-corrected chi connectivity index (χ0v) is 9.50. The molecule has 6 atom stereocenters. The highest BCUT2D eigenvalue weighted by Crippen LogP contribution is 2.55. The number of hydrogen-bond acceptors (Lipinski definition) is 4. The Kier molecular flexibility index (Phi) is 1.95. The van der Waals surface area contributed by atoms with Gasteiger partial charge in [-0.2, -0.15) is 0 Å². The Bertz CT molecular complexity index is 366. The first kappa shape index (κ1) is 10.3. The predicted octanol–water partition coefficient (Wildman–Crippen LogP) is 0.708. The Morgan fingerprint density at radius 3 is 2.76 bits per heavy atom. The van der Waals surface area contributed by atoms with Gasteiger partial charge in [-0.15, -0.1) is 0 Å². The van der Waals surface area contributed by atoms with Gasteiger partial charge in [0.25, 0.3) is 0 Å². The number of fused-ring (bicyclic) bond motifs is 3. The lowest BCUT2D eigenvalue weighted by atomic mass is 9.78. The van der Waals surface area contributed by atoms with Crippen molar-refractivity contribution >= 4 is 5.97 Å². The summed E-state index contributed by atoms with van der Waals surface area (Å²) in [4.78, 5) is 10.8. The summed E-state index contributed by atoms with van der Waals surface area (Å²) in [6, 6.07) is 0. The van der Waals surface area contributed by atoms with Crippen molar-refractivity contribution in [2.75, 3.05) is 0 Å². The van der Waals surface area contributed by atoms with Crippen LogP contribution in [0.15, 0.2) is 0 Å². The van der Waals surface area contributed by atoms with Crippen LogP contribution in [0.3, 0.4) is 0 Å². The highest BCUT2D eigenvalue weighted by molar-refractivity contribution is 5.67. The van der Waals surface area contributed by atoms with Crippen molar-refractivity contribution < 1.29 is 24.1 Å². The maximum Gasteiger partial charge on any atom is 0.305 e. The van der Waals surface area contributed by atoms with Crippen LogP contribution in [0, 0.1) is 0 Å². The van der Waals surface area contributed by atoms with Gasteiger partial charge in [-0.05, 0) is 12.8 Å². The molecule has 4 fully saturated rings. The van der Waals surface area contributed by atoms with Gasteiger partial charge < -0.3 is 19.3 Å². The Labute approximate surface area is 99.0 Å². The molecule has 1 aliphatic carbocycles. The second kappa shape index (κ2) is 3.22. The largest absolute Gasteiger partial charge is 0.481 e. The smallest absolute Gasteiger partial charge is 0.305 e. The minimum atomic E-state index is -0.781. The third kappa shape index (κ3) is 1.46. The molecule has 3 aliphatic heterocycles. The number of carbonyl (C=O) groups is 1. The zero-order valence-electron chi connectivity index (χ0n) is 9.50. The van der Waals surface area contributed by atoms with Crippen LogP contribution < -0.4 is 0 Å². The number of carboxylic acids is 1. The number of ether oxygens (including phenoxy) is 3. The maximum absolute atomic E-state index is 10.8. The summed E-state index contributed by atoms with van der Waals surface area (Å²) < 4.78 is 17.6. The number of carboxylic acid groups (broad SMARTS) is 1. The molecule has 0 aromatic carbocycles. The van der Waals surface area contributed by atoms with Crippen molar-refractivity contribution in [3.8, 4) is 0 Å². The fourth-order valence-electron chi connectivity index (χ4n) is 3.82. The molecular formula is C12H16O5. The molecule has 4 aliphatic rings. The number of rotatable bonds is 2. The van der Waals surface area contributed by atoms with Gasteiger partial charge in [0.2, 0.25) is 0 Å². The lowest BCUT2D eigenvalue weighted by molar-refractivity contribution is -0.177. The molecular weight excluding hydrogens is 224 g/mol. The van der Waals surface area contributed by atoms with Crippen LogP contribution in [-0.2, 0) is 19.0 Å². The first-order valence-corrected chi connectivity index (χ1v) is 6.37. The van der Waals surface area contributed by atoms with Gasteiger partial charge in [0.15, 0.2) is 0 Å². The van der Waals surface area contributed by atoms with E-state index in [1.54, 1.807) is 0 Å². The molecule has 0 aromatic heterocycles. The van der Waals surface area contributed by atoms with E-state index >= 15 is 0 Å². The van der Waals surface area contributed by atoms with Crippen LogP contribution in [0.2, 0.25) is 0 Å². The molecule has 3 saturated heterocycles. The Morgan fingerprint density at radius 1 is 1.24 bits per heavy atom. The van der Waals surface area contributed by atoms with Crippen molar-refractivity contribution in [2.45, 2.75) is 68.2 Å². The maximum atomic E-state index is 10.8. The summed E-state index contributed by atoms with van der Waals surface area (Å²) >= 11 is 0. The Balaban J connectivity index is 1.55. The summed E-state index contributed by atoms with van der Waals surface area (Å²) in [6.07, 6.45) is 4.36. The molecule has 1 unspecified atom stereocenters. The molecule has 0 amide bonds. The molecule has 2 bridgehead atoms. The minimum Gasteiger partial charge on any atom is -0.481 e. The van der Waals surface area contributed by atoms with E-state index in [1.807, 2.05) is 0 Å². The highest BCUT2D eigenvalue weighted by Gasteiger charge is 2.66. The van der Waals surface area contributed by atoms with E-state index < -0.39 is 5.97 Å². The van der Waals surface area contributed by atoms with Gasteiger partial charge >= 0.3 is 5.97 Å². The van der Waals surface area contributed by atoms with Crippen molar-refractivity contribution in [1.29, 1.82) is 0 Å². The fraction of sp³-hybridized carbons (Fsp3) is 0.917. The molecule has 1 spiro atoms.